The van der Waals surface area contributed by atoms with E-state index in [1.54, 1.807) is 6.07 Å². The third-order valence-corrected chi connectivity index (χ3v) is 4.43. The Balaban J connectivity index is 1.64. The Morgan fingerprint density at radius 3 is 2.58 bits per heavy atom. The first-order chi connectivity index (χ1) is 12.5. The van der Waals surface area contributed by atoms with E-state index in [9.17, 15) is 4.79 Å². The minimum Gasteiger partial charge on any atom is -0.473 e. The molecule has 2 heterocycles. The number of rotatable bonds is 5. The van der Waals surface area contributed by atoms with Crippen molar-refractivity contribution in [2.45, 2.75) is 18.9 Å². The number of carbonyl (C=O) groups is 1. The lowest BCUT2D eigenvalue weighted by Crippen LogP contribution is -2.26. The van der Waals surface area contributed by atoms with Gasteiger partial charge in [0.2, 0.25) is 5.88 Å². The summed E-state index contributed by atoms with van der Waals surface area (Å²) in [7, 11) is 3.93. The quantitative estimate of drug-likeness (QED) is 0.864. The molecule has 1 fully saturated rings. The zero-order valence-corrected chi connectivity index (χ0v) is 15.6. The van der Waals surface area contributed by atoms with Crippen molar-refractivity contribution in [1.82, 2.24) is 4.98 Å². The number of amides is 1. The molecule has 26 heavy (non-hydrogen) atoms. The predicted molar refractivity (Wildman–Crippen MR) is 102 cm³/mol. The molecule has 1 aliphatic heterocycles. The number of carbonyl (C=O) groups excluding carboxylic acids is 1. The smallest absolute Gasteiger partial charge is 0.257 e. The lowest BCUT2D eigenvalue weighted by atomic mass is 10.1. The monoisotopic (exact) mass is 375 g/mol. The van der Waals surface area contributed by atoms with Crippen molar-refractivity contribution in [3.05, 3.63) is 47.1 Å². The summed E-state index contributed by atoms with van der Waals surface area (Å²) in [6.07, 6.45) is 3.14. The summed E-state index contributed by atoms with van der Waals surface area (Å²) >= 11 is 6.25. The van der Waals surface area contributed by atoms with Gasteiger partial charge >= 0.3 is 0 Å². The molecule has 3 rings (SSSR count). The highest BCUT2D eigenvalue weighted by atomic mass is 35.5. The molecule has 1 aliphatic rings. The highest BCUT2D eigenvalue weighted by molar-refractivity contribution is 6.32. The summed E-state index contributed by atoms with van der Waals surface area (Å²) < 4.78 is 11.1. The van der Waals surface area contributed by atoms with E-state index < -0.39 is 0 Å². The molecule has 138 valence electrons. The number of anilines is 2. The molecule has 0 radical (unpaired) electrons. The fraction of sp³-hybridized carbons (Fsp3) is 0.368. The second kappa shape index (κ2) is 8.38. The molecular weight excluding hydrogens is 354 g/mol. The van der Waals surface area contributed by atoms with Crippen LogP contribution in [0.4, 0.5) is 11.4 Å². The van der Waals surface area contributed by atoms with Gasteiger partial charge in [0.1, 0.15) is 11.1 Å². The van der Waals surface area contributed by atoms with Crippen LogP contribution >= 0.6 is 11.6 Å². The van der Waals surface area contributed by atoms with Crippen LogP contribution in [0.25, 0.3) is 0 Å². The van der Waals surface area contributed by atoms with Crippen molar-refractivity contribution in [2.24, 2.45) is 0 Å². The number of nitrogens with zero attached hydrogens (tertiary/aromatic N) is 2. The molecule has 1 N–H and O–H groups in total. The van der Waals surface area contributed by atoms with Gasteiger partial charge in [-0.05, 0) is 30.3 Å². The largest absolute Gasteiger partial charge is 0.473 e. The van der Waals surface area contributed by atoms with Gasteiger partial charge in [0.25, 0.3) is 5.91 Å². The van der Waals surface area contributed by atoms with Crippen LogP contribution in [-0.4, -0.2) is 44.3 Å². The van der Waals surface area contributed by atoms with Gasteiger partial charge in [-0.25, -0.2) is 4.98 Å². The van der Waals surface area contributed by atoms with Crippen LogP contribution in [-0.2, 0) is 4.74 Å². The summed E-state index contributed by atoms with van der Waals surface area (Å²) in [5, 5.41) is 3.16. The van der Waals surface area contributed by atoms with E-state index in [-0.39, 0.29) is 12.0 Å². The molecule has 1 saturated heterocycles. The Bertz CT molecular complexity index is 759. The number of hydrogen-bond acceptors (Lipinski definition) is 5. The SMILES string of the molecule is CN(C)c1ccc(NC(=O)c2cnc(OC3CCOCC3)c(Cl)c2)cc1. The number of hydrogen-bond donors (Lipinski definition) is 1. The Morgan fingerprint density at radius 2 is 1.96 bits per heavy atom. The summed E-state index contributed by atoms with van der Waals surface area (Å²) in [5.41, 5.74) is 2.15. The summed E-state index contributed by atoms with van der Waals surface area (Å²) in [6.45, 7) is 1.35. The second-order valence-electron chi connectivity index (χ2n) is 6.34. The van der Waals surface area contributed by atoms with Crippen LogP contribution in [0.3, 0.4) is 0 Å². The van der Waals surface area contributed by atoms with Gasteiger partial charge in [-0.2, -0.15) is 0 Å². The number of pyridine rings is 1. The molecule has 7 heteroatoms. The molecule has 0 bridgehead atoms. The fourth-order valence-corrected chi connectivity index (χ4v) is 2.84. The van der Waals surface area contributed by atoms with E-state index in [1.807, 2.05) is 43.3 Å². The van der Waals surface area contributed by atoms with Crippen molar-refractivity contribution in [2.75, 3.05) is 37.5 Å². The highest BCUT2D eigenvalue weighted by Crippen LogP contribution is 2.26. The Labute approximate surface area is 158 Å². The van der Waals surface area contributed by atoms with Gasteiger partial charge in [-0.3, -0.25) is 4.79 Å². The van der Waals surface area contributed by atoms with Gasteiger partial charge in [0.05, 0.1) is 18.8 Å². The van der Waals surface area contributed by atoms with E-state index in [0.29, 0.717) is 35.4 Å². The van der Waals surface area contributed by atoms with Crippen LogP contribution in [0, 0.1) is 0 Å². The maximum absolute atomic E-state index is 12.4. The molecule has 0 saturated carbocycles. The molecule has 0 atom stereocenters. The Morgan fingerprint density at radius 1 is 1.27 bits per heavy atom. The first kappa shape index (κ1) is 18.5. The summed E-state index contributed by atoms with van der Waals surface area (Å²) in [5.74, 6) is 0.0834. The van der Waals surface area contributed by atoms with Gasteiger partial charge in [0, 0.05) is 44.5 Å². The van der Waals surface area contributed by atoms with Crippen molar-refractivity contribution in [1.29, 1.82) is 0 Å². The molecule has 1 aromatic carbocycles. The molecule has 1 aromatic heterocycles. The van der Waals surface area contributed by atoms with Gasteiger partial charge < -0.3 is 19.7 Å². The summed E-state index contributed by atoms with van der Waals surface area (Å²) in [6, 6.07) is 9.15. The van der Waals surface area contributed by atoms with Crippen molar-refractivity contribution in [3.63, 3.8) is 0 Å². The topological polar surface area (TPSA) is 63.7 Å². The number of halogens is 1. The number of ether oxygens (including phenoxy) is 2. The maximum Gasteiger partial charge on any atom is 0.257 e. The van der Waals surface area contributed by atoms with Crippen molar-refractivity contribution >= 4 is 28.9 Å². The fourth-order valence-electron chi connectivity index (χ4n) is 2.63. The maximum atomic E-state index is 12.4. The molecule has 6 nitrogen and oxygen atoms in total. The van der Waals surface area contributed by atoms with E-state index in [2.05, 4.69) is 10.3 Å². The number of aromatic nitrogens is 1. The number of nitrogens with one attached hydrogen (secondary N) is 1. The molecule has 0 unspecified atom stereocenters. The zero-order valence-electron chi connectivity index (χ0n) is 14.9. The van der Waals surface area contributed by atoms with Crippen LogP contribution in [0.2, 0.25) is 5.02 Å². The van der Waals surface area contributed by atoms with Gasteiger partial charge in [-0.1, -0.05) is 11.6 Å². The Hall–Kier alpha value is -2.31. The minimum absolute atomic E-state index is 0.0450. The molecule has 1 amide bonds. The third-order valence-electron chi connectivity index (χ3n) is 4.16. The van der Waals surface area contributed by atoms with Gasteiger partial charge in [-0.15, -0.1) is 0 Å². The van der Waals surface area contributed by atoms with E-state index >= 15 is 0 Å². The second-order valence-corrected chi connectivity index (χ2v) is 6.74. The lowest BCUT2D eigenvalue weighted by molar-refractivity contribution is 0.0238. The standard InChI is InChI=1S/C19H22ClN3O3/c1-23(2)15-5-3-14(4-6-15)22-18(24)13-11-17(20)19(21-12-13)26-16-7-9-25-10-8-16/h3-6,11-12,16H,7-10H2,1-2H3,(H,22,24). The highest BCUT2D eigenvalue weighted by Gasteiger charge is 2.18. The Kier molecular flexibility index (Phi) is 5.96. The molecule has 2 aromatic rings. The van der Waals surface area contributed by atoms with Crippen LogP contribution in [0.5, 0.6) is 5.88 Å². The van der Waals surface area contributed by atoms with E-state index in [0.717, 1.165) is 18.5 Å². The lowest BCUT2D eigenvalue weighted by Gasteiger charge is -2.23. The molecule has 0 aliphatic carbocycles. The van der Waals surface area contributed by atoms with E-state index in [1.165, 1.54) is 6.20 Å². The average molecular weight is 376 g/mol. The van der Waals surface area contributed by atoms with Gasteiger partial charge in [0.15, 0.2) is 0 Å². The molecule has 0 spiro atoms. The van der Waals surface area contributed by atoms with Crippen molar-refractivity contribution in [3.8, 4) is 5.88 Å². The average Bonchev–Trinajstić information content (AvgIpc) is 2.64. The zero-order chi connectivity index (χ0) is 18.5. The van der Waals surface area contributed by atoms with Crippen LogP contribution < -0.4 is 15.0 Å². The molecular formula is C19H22ClN3O3. The predicted octanol–water partition coefficient (Wildman–Crippen LogP) is 3.61. The van der Waals surface area contributed by atoms with Crippen LogP contribution in [0.1, 0.15) is 23.2 Å². The normalized spacial score (nSPS) is 14.7. The summed E-state index contributed by atoms with van der Waals surface area (Å²) in [4.78, 5) is 18.6. The number of benzene rings is 1. The van der Waals surface area contributed by atoms with Crippen LogP contribution in [0.15, 0.2) is 36.5 Å². The van der Waals surface area contributed by atoms with E-state index in [4.69, 9.17) is 21.1 Å². The van der Waals surface area contributed by atoms with Crippen molar-refractivity contribution < 1.29 is 14.3 Å². The third kappa shape index (κ3) is 4.65. The first-order valence-electron chi connectivity index (χ1n) is 8.51. The first-order valence-corrected chi connectivity index (χ1v) is 8.89. The minimum atomic E-state index is -0.269.